The number of hydrogen-bond acceptors (Lipinski definition) is 3. The number of hydrogen-bond donors (Lipinski definition) is 0. The Morgan fingerprint density at radius 1 is 1.04 bits per heavy atom. The molecule has 0 aliphatic carbocycles. The smallest absolute Gasteiger partial charge is 0.184 e. The van der Waals surface area contributed by atoms with E-state index in [-0.39, 0.29) is 6.29 Å². The zero-order valence-corrected chi connectivity index (χ0v) is 14.9. The minimum Gasteiger partial charge on any atom is -0.494 e. The third-order valence-corrected chi connectivity index (χ3v) is 4.55. The summed E-state index contributed by atoms with van der Waals surface area (Å²) in [5.41, 5.74) is 1.08. The van der Waals surface area contributed by atoms with E-state index in [2.05, 4.69) is 32.9 Å². The molecule has 1 saturated heterocycles. The summed E-state index contributed by atoms with van der Waals surface area (Å²) in [6.07, 6.45) is 7.01. The van der Waals surface area contributed by atoms with Crippen molar-refractivity contribution in [1.29, 1.82) is 0 Å². The van der Waals surface area contributed by atoms with E-state index in [1.807, 2.05) is 12.1 Å². The fraction of sp³-hybridized carbons (Fsp3) is 0.700. The predicted octanol–water partition coefficient (Wildman–Crippen LogP) is 5.50. The first-order valence-electron chi connectivity index (χ1n) is 9.28. The topological polar surface area (TPSA) is 27.7 Å². The maximum atomic E-state index is 6.21. The van der Waals surface area contributed by atoms with Crippen LogP contribution >= 0.6 is 0 Å². The molecule has 130 valence electrons. The molecular formula is C20H32O3. The van der Waals surface area contributed by atoms with Crippen LogP contribution in [0.3, 0.4) is 0 Å². The van der Waals surface area contributed by atoms with Crippen molar-refractivity contribution in [2.24, 2.45) is 5.92 Å². The van der Waals surface area contributed by atoms with Gasteiger partial charge in [0.05, 0.1) is 19.3 Å². The molecule has 3 nitrogen and oxygen atoms in total. The Morgan fingerprint density at radius 2 is 1.83 bits per heavy atom. The van der Waals surface area contributed by atoms with E-state index in [4.69, 9.17) is 14.2 Å². The van der Waals surface area contributed by atoms with Crippen LogP contribution in [0.25, 0.3) is 0 Å². The Labute approximate surface area is 141 Å². The van der Waals surface area contributed by atoms with Gasteiger partial charge in [0.15, 0.2) is 6.29 Å². The molecule has 0 N–H and O–H groups in total. The van der Waals surface area contributed by atoms with Gasteiger partial charge in [0, 0.05) is 11.5 Å². The lowest BCUT2D eigenvalue weighted by Crippen LogP contribution is -2.35. The number of ether oxygens (including phenoxy) is 3. The standard InChI is InChI=1S/C20H32O3/c1-4-7-8-14-21-18-12-10-17(11-13-18)20-22-15-16(6-3)19(23-20)9-5-2/h10-13,16,19-20H,4-9,14-15H2,1-3H3/t16-,19+,20+/m1/s1. The van der Waals surface area contributed by atoms with Crippen molar-refractivity contribution >= 4 is 0 Å². The van der Waals surface area contributed by atoms with E-state index in [1.165, 1.54) is 12.8 Å². The van der Waals surface area contributed by atoms with Crippen molar-refractivity contribution in [3.05, 3.63) is 29.8 Å². The van der Waals surface area contributed by atoms with Crippen molar-refractivity contribution in [2.45, 2.75) is 71.7 Å². The predicted molar refractivity (Wildman–Crippen MR) is 93.7 cm³/mol. The van der Waals surface area contributed by atoms with E-state index in [0.717, 1.165) is 50.2 Å². The molecule has 1 aromatic rings. The molecule has 1 heterocycles. The van der Waals surface area contributed by atoms with Gasteiger partial charge in [-0.25, -0.2) is 0 Å². The monoisotopic (exact) mass is 320 g/mol. The summed E-state index contributed by atoms with van der Waals surface area (Å²) >= 11 is 0. The molecule has 0 unspecified atom stereocenters. The molecule has 0 spiro atoms. The Hall–Kier alpha value is -1.06. The van der Waals surface area contributed by atoms with E-state index in [0.29, 0.717) is 12.0 Å². The maximum absolute atomic E-state index is 6.21. The van der Waals surface area contributed by atoms with Crippen LogP contribution in [0, 0.1) is 5.92 Å². The lowest BCUT2D eigenvalue weighted by molar-refractivity contribution is -0.243. The van der Waals surface area contributed by atoms with Gasteiger partial charge in [0.2, 0.25) is 0 Å². The van der Waals surface area contributed by atoms with Crippen molar-refractivity contribution in [3.63, 3.8) is 0 Å². The SMILES string of the molecule is CCCCCOc1ccc([C@H]2OC[C@@H](CC)[C@H](CCC)O2)cc1. The molecule has 23 heavy (non-hydrogen) atoms. The minimum absolute atomic E-state index is 0.233. The van der Waals surface area contributed by atoms with Gasteiger partial charge < -0.3 is 14.2 Å². The lowest BCUT2D eigenvalue weighted by atomic mass is 9.95. The fourth-order valence-corrected chi connectivity index (χ4v) is 3.03. The highest BCUT2D eigenvalue weighted by Crippen LogP contribution is 2.33. The van der Waals surface area contributed by atoms with Gasteiger partial charge >= 0.3 is 0 Å². The van der Waals surface area contributed by atoms with Gasteiger partial charge in [-0.15, -0.1) is 0 Å². The molecule has 0 radical (unpaired) electrons. The Morgan fingerprint density at radius 3 is 2.48 bits per heavy atom. The average Bonchev–Trinajstić information content (AvgIpc) is 2.59. The molecule has 3 atom stereocenters. The van der Waals surface area contributed by atoms with Crippen LogP contribution in [0.5, 0.6) is 5.75 Å². The second-order valence-corrected chi connectivity index (χ2v) is 6.42. The quantitative estimate of drug-likeness (QED) is 0.563. The zero-order chi connectivity index (χ0) is 16.5. The Bertz CT molecular complexity index is 429. The lowest BCUT2D eigenvalue weighted by Gasteiger charge is -2.36. The van der Waals surface area contributed by atoms with Crippen molar-refractivity contribution < 1.29 is 14.2 Å². The largest absolute Gasteiger partial charge is 0.494 e. The van der Waals surface area contributed by atoms with Gasteiger partial charge in [-0.2, -0.15) is 0 Å². The highest BCUT2D eigenvalue weighted by Gasteiger charge is 2.30. The summed E-state index contributed by atoms with van der Waals surface area (Å²) in [7, 11) is 0. The van der Waals surface area contributed by atoms with Gasteiger partial charge in [0.25, 0.3) is 0 Å². The highest BCUT2D eigenvalue weighted by atomic mass is 16.7. The van der Waals surface area contributed by atoms with Crippen LogP contribution in [0.4, 0.5) is 0 Å². The second kappa shape index (κ2) is 9.94. The van der Waals surface area contributed by atoms with Gasteiger partial charge in [0.1, 0.15) is 5.75 Å². The van der Waals surface area contributed by atoms with Crippen molar-refractivity contribution in [3.8, 4) is 5.75 Å². The molecule has 3 heteroatoms. The van der Waals surface area contributed by atoms with Crippen molar-refractivity contribution in [2.75, 3.05) is 13.2 Å². The Balaban J connectivity index is 1.88. The van der Waals surface area contributed by atoms with Crippen molar-refractivity contribution in [1.82, 2.24) is 0 Å². The zero-order valence-electron chi connectivity index (χ0n) is 14.9. The summed E-state index contributed by atoms with van der Waals surface area (Å²) in [5.74, 6) is 1.45. The van der Waals surface area contributed by atoms with E-state index < -0.39 is 0 Å². The van der Waals surface area contributed by atoms with Crippen LogP contribution in [0.1, 0.15) is 71.1 Å². The summed E-state index contributed by atoms with van der Waals surface area (Å²) < 4.78 is 17.9. The van der Waals surface area contributed by atoms with Gasteiger partial charge in [-0.1, -0.05) is 52.2 Å². The number of benzene rings is 1. The third-order valence-electron chi connectivity index (χ3n) is 4.55. The average molecular weight is 320 g/mol. The molecule has 0 amide bonds. The first kappa shape index (κ1) is 18.3. The molecule has 2 rings (SSSR count). The molecule has 1 aliphatic rings. The second-order valence-electron chi connectivity index (χ2n) is 6.42. The molecule has 1 aromatic carbocycles. The third kappa shape index (κ3) is 5.50. The Kier molecular flexibility index (Phi) is 7.90. The maximum Gasteiger partial charge on any atom is 0.184 e. The molecule has 0 saturated carbocycles. The van der Waals surface area contributed by atoms with Crippen LogP contribution < -0.4 is 4.74 Å². The molecule has 1 fully saturated rings. The highest BCUT2D eigenvalue weighted by molar-refractivity contribution is 5.28. The molecule has 1 aliphatic heterocycles. The van der Waals surface area contributed by atoms with Gasteiger partial charge in [-0.3, -0.25) is 0 Å². The molecule has 0 bridgehead atoms. The summed E-state index contributed by atoms with van der Waals surface area (Å²) in [6.45, 7) is 8.21. The first-order chi connectivity index (χ1) is 11.3. The summed E-state index contributed by atoms with van der Waals surface area (Å²) in [5, 5.41) is 0. The van der Waals surface area contributed by atoms with Gasteiger partial charge in [-0.05, 0) is 31.4 Å². The molecule has 0 aromatic heterocycles. The summed E-state index contributed by atoms with van der Waals surface area (Å²) in [4.78, 5) is 0. The van der Waals surface area contributed by atoms with Crippen LogP contribution in [0.15, 0.2) is 24.3 Å². The number of unbranched alkanes of at least 4 members (excludes halogenated alkanes) is 2. The molecular weight excluding hydrogens is 288 g/mol. The van der Waals surface area contributed by atoms with Crippen LogP contribution in [0.2, 0.25) is 0 Å². The van der Waals surface area contributed by atoms with E-state index in [9.17, 15) is 0 Å². The number of rotatable bonds is 9. The van der Waals surface area contributed by atoms with Crippen LogP contribution in [-0.2, 0) is 9.47 Å². The van der Waals surface area contributed by atoms with E-state index in [1.54, 1.807) is 0 Å². The summed E-state index contributed by atoms with van der Waals surface area (Å²) in [6, 6.07) is 8.17. The normalized spacial score (nSPS) is 24.6. The fourth-order valence-electron chi connectivity index (χ4n) is 3.03. The van der Waals surface area contributed by atoms with E-state index >= 15 is 0 Å². The minimum atomic E-state index is -0.233. The first-order valence-corrected chi connectivity index (χ1v) is 9.28. The van der Waals surface area contributed by atoms with Crippen LogP contribution in [-0.4, -0.2) is 19.3 Å².